The maximum atomic E-state index is 13.8. The lowest BCUT2D eigenvalue weighted by Crippen LogP contribution is -2.50. The average Bonchev–Trinajstić information content (AvgIpc) is 2.48. The first-order valence-electron chi connectivity index (χ1n) is 6.79. The van der Waals surface area contributed by atoms with E-state index in [4.69, 9.17) is 5.73 Å². The van der Waals surface area contributed by atoms with Crippen LogP contribution in [0.1, 0.15) is 23.6 Å². The van der Waals surface area contributed by atoms with E-state index in [9.17, 15) is 9.18 Å². The van der Waals surface area contributed by atoms with E-state index >= 15 is 0 Å². The Morgan fingerprint density at radius 1 is 1.24 bits per heavy atom. The first kappa shape index (κ1) is 15.2. The summed E-state index contributed by atoms with van der Waals surface area (Å²) in [6, 6.07) is 14.4. The maximum absolute atomic E-state index is 13.8. The van der Waals surface area contributed by atoms with E-state index in [-0.39, 0.29) is 5.82 Å². The van der Waals surface area contributed by atoms with Crippen molar-refractivity contribution >= 4 is 5.91 Å². The zero-order valence-corrected chi connectivity index (χ0v) is 12.2. The van der Waals surface area contributed by atoms with E-state index < -0.39 is 11.4 Å². The fraction of sp³-hybridized carbons (Fsp3) is 0.235. The lowest BCUT2D eigenvalue weighted by atomic mass is 9.90. The number of amides is 1. The van der Waals surface area contributed by atoms with E-state index in [0.29, 0.717) is 17.7 Å². The summed E-state index contributed by atoms with van der Waals surface area (Å²) in [5, 5.41) is 3.13. The van der Waals surface area contributed by atoms with Crippen molar-refractivity contribution < 1.29 is 9.18 Å². The van der Waals surface area contributed by atoms with Crippen molar-refractivity contribution in [2.75, 3.05) is 0 Å². The van der Waals surface area contributed by atoms with Crippen LogP contribution in [-0.2, 0) is 16.9 Å². The third-order valence-electron chi connectivity index (χ3n) is 3.73. The fourth-order valence-electron chi connectivity index (χ4n) is 2.11. The summed E-state index contributed by atoms with van der Waals surface area (Å²) in [6.07, 6.45) is 0. The lowest BCUT2D eigenvalue weighted by Gasteiger charge is -2.28. The van der Waals surface area contributed by atoms with Gasteiger partial charge in [-0.2, -0.15) is 0 Å². The molecule has 0 aromatic heterocycles. The monoisotopic (exact) mass is 286 g/mol. The van der Waals surface area contributed by atoms with Crippen LogP contribution in [-0.4, -0.2) is 5.91 Å². The van der Waals surface area contributed by atoms with Crippen LogP contribution in [0.5, 0.6) is 0 Å². The molecule has 3 nitrogen and oxygen atoms in total. The SMILES string of the molecule is Cc1ccc(C(C)(NCc2ccccc2)C(N)=O)cc1F. The van der Waals surface area contributed by atoms with E-state index in [1.807, 2.05) is 30.3 Å². The van der Waals surface area contributed by atoms with Crippen LogP contribution < -0.4 is 11.1 Å². The molecule has 0 saturated carbocycles. The Kier molecular flexibility index (Phi) is 4.38. The lowest BCUT2D eigenvalue weighted by molar-refractivity contribution is -0.124. The van der Waals surface area contributed by atoms with Crippen LogP contribution in [0.3, 0.4) is 0 Å². The zero-order valence-electron chi connectivity index (χ0n) is 12.2. The summed E-state index contributed by atoms with van der Waals surface area (Å²) >= 11 is 0. The Labute approximate surface area is 124 Å². The molecular formula is C17H19FN2O. The number of benzene rings is 2. The van der Waals surface area contributed by atoms with Crippen molar-refractivity contribution in [3.05, 3.63) is 71.0 Å². The smallest absolute Gasteiger partial charge is 0.242 e. The van der Waals surface area contributed by atoms with E-state index in [2.05, 4.69) is 5.32 Å². The van der Waals surface area contributed by atoms with Crippen LogP contribution in [0, 0.1) is 12.7 Å². The van der Waals surface area contributed by atoms with Gasteiger partial charge >= 0.3 is 0 Å². The first-order valence-corrected chi connectivity index (χ1v) is 6.79. The van der Waals surface area contributed by atoms with Crippen molar-refractivity contribution in [3.63, 3.8) is 0 Å². The van der Waals surface area contributed by atoms with E-state index in [1.54, 1.807) is 26.0 Å². The normalized spacial score (nSPS) is 13.7. The third kappa shape index (κ3) is 3.28. The Morgan fingerprint density at radius 3 is 2.48 bits per heavy atom. The number of primary amides is 1. The summed E-state index contributed by atoms with van der Waals surface area (Å²) in [6.45, 7) is 3.82. The van der Waals surface area contributed by atoms with Crippen LogP contribution in [0.15, 0.2) is 48.5 Å². The summed E-state index contributed by atoms with van der Waals surface area (Å²) in [7, 11) is 0. The molecule has 2 rings (SSSR count). The molecule has 3 N–H and O–H groups in total. The van der Waals surface area contributed by atoms with Crippen molar-refractivity contribution in [1.29, 1.82) is 0 Å². The average molecular weight is 286 g/mol. The summed E-state index contributed by atoms with van der Waals surface area (Å²) in [4.78, 5) is 11.9. The molecule has 0 heterocycles. The highest BCUT2D eigenvalue weighted by molar-refractivity contribution is 5.85. The van der Waals surface area contributed by atoms with Crippen LogP contribution >= 0.6 is 0 Å². The quantitative estimate of drug-likeness (QED) is 0.887. The highest BCUT2D eigenvalue weighted by Gasteiger charge is 2.33. The molecule has 110 valence electrons. The zero-order chi connectivity index (χ0) is 15.5. The van der Waals surface area contributed by atoms with E-state index in [1.165, 1.54) is 6.07 Å². The second-order valence-electron chi connectivity index (χ2n) is 5.29. The minimum atomic E-state index is -1.12. The Morgan fingerprint density at radius 2 is 1.90 bits per heavy atom. The van der Waals surface area contributed by atoms with Gasteiger partial charge in [0.1, 0.15) is 11.4 Å². The number of hydrogen-bond acceptors (Lipinski definition) is 2. The molecule has 1 unspecified atom stereocenters. The van der Waals surface area contributed by atoms with Crippen molar-refractivity contribution in [2.45, 2.75) is 25.9 Å². The largest absolute Gasteiger partial charge is 0.368 e. The number of hydrogen-bond donors (Lipinski definition) is 2. The van der Waals surface area contributed by atoms with Crippen LogP contribution in [0.2, 0.25) is 0 Å². The number of nitrogens with two attached hydrogens (primary N) is 1. The molecule has 0 fully saturated rings. The van der Waals surface area contributed by atoms with Gasteiger partial charge in [0.25, 0.3) is 0 Å². The molecule has 0 spiro atoms. The van der Waals surface area contributed by atoms with Gasteiger partial charge < -0.3 is 5.73 Å². The van der Waals surface area contributed by atoms with Gasteiger partial charge in [0.15, 0.2) is 0 Å². The molecule has 0 bridgehead atoms. The van der Waals surface area contributed by atoms with Gasteiger partial charge in [-0.25, -0.2) is 4.39 Å². The first-order chi connectivity index (χ1) is 9.93. The molecule has 0 aliphatic rings. The van der Waals surface area contributed by atoms with Crippen LogP contribution in [0.4, 0.5) is 4.39 Å². The standard InChI is InChI=1S/C17H19FN2O/c1-12-8-9-14(10-15(12)18)17(2,16(19)21)20-11-13-6-4-3-5-7-13/h3-10,20H,11H2,1-2H3,(H2,19,21). The highest BCUT2D eigenvalue weighted by Crippen LogP contribution is 2.23. The molecular weight excluding hydrogens is 267 g/mol. The summed E-state index contributed by atoms with van der Waals surface area (Å²) in [5.74, 6) is -0.886. The Hall–Kier alpha value is -2.20. The van der Waals surface area contributed by atoms with Crippen LogP contribution in [0.25, 0.3) is 0 Å². The number of aryl methyl sites for hydroxylation is 1. The Balaban J connectivity index is 2.27. The van der Waals surface area contributed by atoms with E-state index in [0.717, 1.165) is 5.56 Å². The highest BCUT2D eigenvalue weighted by atomic mass is 19.1. The van der Waals surface area contributed by atoms with Gasteiger partial charge in [-0.1, -0.05) is 42.5 Å². The molecule has 0 aliphatic heterocycles. The molecule has 4 heteroatoms. The number of nitrogens with one attached hydrogen (secondary N) is 1. The fourth-order valence-corrected chi connectivity index (χ4v) is 2.11. The number of rotatable bonds is 5. The molecule has 0 saturated heterocycles. The molecule has 2 aromatic rings. The Bertz CT molecular complexity index is 642. The van der Waals surface area contributed by atoms with Gasteiger partial charge in [-0.3, -0.25) is 10.1 Å². The van der Waals surface area contributed by atoms with Crippen molar-refractivity contribution in [1.82, 2.24) is 5.32 Å². The number of halogens is 1. The maximum Gasteiger partial charge on any atom is 0.242 e. The van der Waals surface area contributed by atoms with Gasteiger partial charge in [0.2, 0.25) is 5.91 Å². The molecule has 0 aliphatic carbocycles. The van der Waals surface area contributed by atoms with Gasteiger partial charge in [0.05, 0.1) is 0 Å². The summed E-state index contributed by atoms with van der Waals surface area (Å²) < 4.78 is 13.8. The predicted octanol–water partition coefficient (Wildman–Crippen LogP) is 2.62. The molecule has 0 radical (unpaired) electrons. The van der Waals surface area contributed by atoms with Gasteiger partial charge in [-0.05, 0) is 36.6 Å². The van der Waals surface area contributed by atoms with Crippen molar-refractivity contribution in [2.24, 2.45) is 5.73 Å². The third-order valence-corrected chi connectivity index (χ3v) is 3.73. The minimum Gasteiger partial charge on any atom is -0.368 e. The number of carbonyl (C=O) groups is 1. The van der Waals surface area contributed by atoms with Gasteiger partial charge in [0, 0.05) is 6.54 Å². The molecule has 1 atom stereocenters. The molecule has 21 heavy (non-hydrogen) atoms. The second-order valence-corrected chi connectivity index (χ2v) is 5.29. The second kappa shape index (κ2) is 6.06. The predicted molar refractivity (Wildman–Crippen MR) is 81.0 cm³/mol. The molecule has 2 aromatic carbocycles. The summed E-state index contributed by atoms with van der Waals surface area (Å²) in [5.41, 5.74) is 6.49. The minimum absolute atomic E-state index is 0.346. The topological polar surface area (TPSA) is 55.1 Å². The van der Waals surface area contributed by atoms with Crippen molar-refractivity contribution in [3.8, 4) is 0 Å². The van der Waals surface area contributed by atoms with Gasteiger partial charge in [-0.15, -0.1) is 0 Å². The molecule has 1 amide bonds. The number of carbonyl (C=O) groups excluding carboxylic acids is 1.